The summed E-state index contributed by atoms with van der Waals surface area (Å²) in [7, 11) is 0. The summed E-state index contributed by atoms with van der Waals surface area (Å²) in [5, 5.41) is 12.4. The minimum absolute atomic E-state index is 0.0299. The van der Waals surface area contributed by atoms with Gasteiger partial charge in [0.15, 0.2) is 0 Å². The van der Waals surface area contributed by atoms with Gasteiger partial charge in [-0.1, -0.05) is 19.8 Å². The Labute approximate surface area is 77.7 Å². The molecular weight excluding hydrogens is 172 g/mol. The number of hydrogen-bond donors (Lipinski definition) is 1. The molecule has 13 heavy (non-hydrogen) atoms. The summed E-state index contributed by atoms with van der Waals surface area (Å²) in [6.07, 6.45) is 2.98. The van der Waals surface area contributed by atoms with Crippen LogP contribution in [0.5, 0.6) is 0 Å². The van der Waals surface area contributed by atoms with Crippen molar-refractivity contribution in [3.63, 3.8) is 0 Å². The maximum atomic E-state index is 10.2. The van der Waals surface area contributed by atoms with Gasteiger partial charge in [-0.2, -0.15) is 0 Å². The fourth-order valence-corrected chi connectivity index (χ4v) is 0.962. The molecule has 0 amide bonds. The third-order valence-corrected chi connectivity index (χ3v) is 1.72. The predicted octanol–water partition coefficient (Wildman–Crippen LogP) is 1.63. The molecular formula is C8H16N2O3. The van der Waals surface area contributed by atoms with E-state index in [-0.39, 0.29) is 13.0 Å². The summed E-state index contributed by atoms with van der Waals surface area (Å²) >= 11 is 0. The fraction of sp³-hybridized carbons (Fsp3) is 0.875. The first-order valence-corrected chi connectivity index (χ1v) is 4.50. The molecule has 0 radical (unpaired) electrons. The molecule has 0 aliphatic rings. The average molecular weight is 188 g/mol. The second-order valence-corrected chi connectivity index (χ2v) is 2.89. The number of carboxylic acids is 1. The second kappa shape index (κ2) is 7.52. The zero-order valence-electron chi connectivity index (χ0n) is 7.90. The number of unbranched alkanes of at least 4 members (excludes halogenated alkanes) is 2. The van der Waals surface area contributed by atoms with E-state index in [1.165, 1.54) is 5.01 Å². The van der Waals surface area contributed by atoms with Crippen LogP contribution in [-0.2, 0) is 4.79 Å². The van der Waals surface area contributed by atoms with Crippen LogP contribution in [-0.4, -0.2) is 29.2 Å². The van der Waals surface area contributed by atoms with E-state index in [2.05, 4.69) is 12.2 Å². The second-order valence-electron chi connectivity index (χ2n) is 2.89. The molecule has 5 heteroatoms. The molecule has 0 bridgehead atoms. The van der Waals surface area contributed by atoms with Gasteiger partial charge >= 0.3 is 5.97 Å². The first-order valence-electron chi connectivity index (χ1n) is 4.50. The molecule has 0 aromatic carbocycles. The number of nitrogens with zero attached hydrogens (tertiary/aromatic N) is 2. The first-order chi connectivity index (χ1) is 6.20. The van der Waals surface area contributed by atoms with Crippen LogP contribution in [0.2, 0.25) is 0 Å². The highest BCUT2D eigenvalue weighted by atomic mass is 16.4. The Morgan fingerprint density at radius 3 is 2.54 bits per heavy atom. The van der Waals surface area contributed by atoms with Crippen molar-refractivity contribution < 1.29 is 9.90 Å². The van der Waals surface area contributed by atoms with Crippen molar-refractivity contribution in [1.29, 1.82) is 0 Å². The van der Waals surface area contributed by atoms with Crippen LogP contribution in [0.25, 0.3) is 0 Å². The lowest BCUT2D eigenvalue weighted by Crippen LogP contribution is -2.21. The maximum absolute atomic E-state index is 10.2. The normalized spacial score (nSPS) is 9.62. The highest BCUT2D eigenvalue weighted by Gasteiger charge is 2.04. The van der Waals surface area contributed by atoms with E-state index in [1.54, 1.807) is 0 Å². The lowest BCUT2D eigenvalue weighted by molar-refractivity contribution is -0.137. The lowest BCUT2D eigenvalue weighted by atomic mass is 10.2. The molecule has 5 nitrogen and oxygen atoms in total. The number of rotatable bonds is 8. The van der Waals surface area contributed by atoms with Crippen LogP contribution in [0.4, 0.5) is 0 Å². The van der Waals surface area contributed by atoms with E-state index in [1.807, 2.05) is 0 Å². The van der Waals surface area contributed by atoms with Gasteiger partial charge in [-0.3, -0.25) is 9.80 Å². The van der Waals surface area contributed by atoms with Gasteiger partial charge in [0.05, 0.1) is 11.7 Å². The molecule has 0 spiro atoms. The van der Waals surface area contributed by atoms with Crippen molar-refractivity contribution in [3.05, 3.63) is 4.91 Å². The van der Waals surface area contributed by atoms with Crippen LogP contribution in [0.15, 0.2) is 5.29 Å². The largest absolute Gasteiger partial charge is 0.481 e. The molecule has 0 saturated heterocycles. The first kappa shape index (κ1) is 11.9. The fourth-order valence-electron chi connectivity index (χ4n) is 0.962. The Morgan fingerprint density at radius 2 is 2.08 bits per heavy atom. The molecule has 0 aliphatic carbocycles. The zero-order valence-corrected chi connectivity index (χ0v) is 7.90. The van der Waals surface area contributed by atoms with Crippen LogP contribution in [0.3, 0.4) is 0 Å². The van der Waals surface area contributed by atoms with Crippen LogP contribution < -0.4 is 0 Å². The van der Waals surface area contributed by atoms with Gasteiger partial charge in [0.2, 0.25) is 0 Å². The number of aliphatic carboxylic acids is 1. The minimum Gasteiger partial charge on any atom is -0.481 e. The van der Waals surface area contributed by atoms with Crippen molar-refractivity contribution in [2.24, 2.45) is 5.29 Å². The summed E-state index contributed by atoms with van der Waals surface area (Å²) in [6.45, 7) is 2.84. The van der Waals surface area contributed by atoms with Crippen LogP contribution >= 0.6 is 0 Å². The van der Waals surface area contributed by atoms with E-state index in [9.17, 15) is 9.70 Å². The molecule has 0 atom stereocenters. The van der Waals surface area contributed by atoms with Crippen LogP contribution in [0.1, 0.15) is 32.6 Å². The number of carboxylic acid groups (broad SMARTS) is 1. The summed E-state index contributed by atoms with van der Waals surface area (Å²) in [5.41, 5.74) is 0. The van der Waals surface area contributed by atoms with Crippen molar-refractivity contribution in [3.8, 4) is 0 Å². The van der Waals surface area contributed by atoms with Gasteiger partial charge in [0, 0.05) is 13.1 Å². The molecule has 0 rings (SSSR count). The quantitative estimate of drug-likeness (QED) is 0.357. The monoisotopic (exact) mass is 188 g/mol. The summed E-state index contributed by atoms with van der Waals surface area (Å²) in [4.78, 5) is 20.4. The lowest BCUT2D eigenvalue weighted by Gasteiger charge is -2.12. The zero-order chi connectivity index (χ0) is 10.1. The minimum atomic E-state index is -0.899. The Bertz CT molecular complexity index is 161. The molecule has 76 valence electrons. The SMILES string of the molecule is CCCCCN(CCC(=O)O)N=O. The molecule has 1 N–H and O–H groups in total. The van der Waals surface area contributed by atoms with E-state index < -0.39 is 5.97 Å². The van der Waals surface area contributed by atoms with E-state index in [0.717, 1.165) is 19.3 Å². The number of carbonyl (C=O) groups is 1. The molecule has 0 heterocycles. The molecule has 0 aliphatic heterocycles. The Kier molecular flexibility index (Phi) is 6.86. The van der Waals surface area contributed by atoms with Gasteiger partial charge in [0.1, 0.15) is 0 Å². The molecule has 0 aromatic rings. The summed E-state index contributed by atoms with van der Waals surface area (Å²) < 4.78 is 0. The highest BCUT2D eigenvalue weighted by molar-refractivity contribution is 5.66. The molecule has 0 aromatic heterocycles. The van der Waals surface area contributed by atoms with Gasteiger partial charge in [-0.15, -0.1) is 4.91 Å². The Morgan fingerprint density at radius 1 is 1.38 bits per heavy atom. The third-order valence-electron chi connectivity index (χ3n) is 1.72. The van der Waals surface area contributed by atoms with Gasteiger partial charge in [0.25, 0.3) is 0 Å². The van der Waals surface area contributed by atoms with Gasteiger partial charge in [-0.25, -0.2) is 0 Å². The van der Waals surface area contributed by atoms with Crippen molar-refractivity contribution in [1.82, 2.24) is 5.01 Å². The summed E-state index contributed by atoms with van der Waals surface area (Å²) in [5.74, 6) is -0.899. The van der Waals surface area contributed by atoms with Crippen molar-refractivity contribution >= 4 is 5.97 Å². The number of nitroso groups, excluding NO2 is 1. The van der Waals surface area contributed by atoms with E-state index >= 15 is 0 Å². The number of hydrogen-bond acceptors (Lipinski definition) is 3. The standard InChI is InChI=1S/C8H16N2O3/c1-2-3-4-6-10(9-13)7-5-8(11)12/h2-7H2,1H3,(H,11,12). The molecule has 0 unspecified atom stereocenters. The smallest absolute Gasteiger partial charge is 0.305 e. The van der Waals surface area contributed by atoms with E-state index in [4.69, 9.17) is 5.11 Å². The topological polar surface area (TPSA) is 70.0 Å². The Hall–Kier alpha value is -1.13. The highest BCUT2D eigenvalue weighted by Crippen LogP contribution is 1.99. The summed E-state index contributed by atoms with van der Waals surface area (Å²) in [6, 6.07) is 0. The average Bonchev–Trinajstić information content (AvgIpc) is 2.10. The predicted molar refractivity (Wildman–Crippen MR) is 49.1 cm³/mol. The van der Waals surface area contributed by atoms with Crippen molar-refractivity contribution in [2.75, 3.05) is 13.1 Å². The molecule has 0 saturated carbocycles. The Balaban J connectivity index is 3.51. The van der Waals surface area contributed by atoms with Gasteiger partial charge < -0.3 is 5.11 Å². The molecule has 0 fully saturated rings. The maximum Gasteiger partial charge on any atom is 0.305 e. The van der Waals surface area contributed by atoms with Gasteiger partial charge in [-0.05, 0) is 6.42 Å². The third kappa shape index (κ3) is 7.24. The van der Waals surface area contributed by atoms with Crippen LogP contribution in [0, 0.1) is 4.91 Å². The van der Waals surface area contributed by atoms with E-state index in [0.29, 0.717) is 6.54 Å². The van der Waals surface area contributed by atoms with Crippen molar-refractivity contribution in [2.45, 2.75) is 32.6 Å².